The number of carbonyl (C=O) groups excluding carboxylic acids is 1. The average Bonchev–Trinajstić information content (AvgIpc) is 2.95. The van der Waals surface area contributed by atoms with E-state index >= 15 is 0 Å². The molecule has 1 unspecified atom stereocenters. The number of aryl methyl sites for hydroxylation is 1. The van der Waals surface area contributed by atoms with E-state index < -0.39 is 41.5 Å². The van der Waals surface area contributed by atoms with E-state index in [0.717, 1.165) is 16.0 Å². The van der Waals surface area contributed by atoms with Gasteiger partial charge in [-0.15, -0.1) is 0 Å². The maximum atomic E-state index is 13.2. The van der Waals surface area contributed by atoms with E-state index in [1.54, 1.807) is 6.07 Å². The number of carbonyl (C=O) groups is 1. The molecule has 1 amide bonds. The van der Waals surface area contributed by atoms with Crippen LogP contribution in [0.5, 0.6) is 0 Å². The van der Waals surface area contributed by atoms with E-state index in [4.69, 9.17) is 4.74 Å². The van der Waals surface area contributed by atoms with Crippen LogP contribution in [-0.4, -0.2) is 47.7 Å². The summed E-state index contributed by atoms with van der Waals surface area (Å²) in [5.41, 5.74) is -1.79. The third-order valence-corrected chi connectivity index (χ3v) is 7.00. The standard InChI is InChI=1S/C30H29F6N3O3/c1-20-5-3-4-6-25(20)28(42-14-13-40)9-11-39(12-10-28)26-8-7-22(18-37-26)27(41)38(2)19-21-15-23(29(31,32)33)17-24(16-21)30(34,35)36/h3-9,11,15-18,40H,10,12-14,19H2,1-2H3. The van der Waals surface area contributed by atoms with Crippen LogP contribution in [0.2, 0.25) is 0 Å². The highest BCUT2D eigenvalue weighted by Crippen LogP contribution is 2.38. The van der Waals surface area contributed by atoms with E-state index in [-0.39, 0.29) is 30.4 Å². The van der Waals surface area contributed by atoms with Crippen LogP contribution < -0.4 is 4.90 Å². The van der Waals surface area contributed by atoms with Crippen molar-refractivity contribution < 1.29 is 41.0 Å². The summed E-state index contributed by atoms with van der Waals surface area (Å²) in [6.45, 7) is 2.04. The van der Waals surface area contributed by atoms with Crippen LogP contribution in [0, 0.1) is 6.92 Å². The second-order valence-corrected chi connectivity index (χ2v) is 10.0. The Balaban J connectivity index is 1.49. The topological polar surface area (TPSA) is 65.9 Å². The van der Waals surface area contributed by atoms with Crippen molar-refractivity contribution >= 4 is 11.7 Å². The van der Waals surface area contributed by atoms with Gasteiger partial charge in [0, 0.05) is 39.0 Å². The lowest BCUT2D eigenvalue weighted by Gasteiger charge is -2.38. The van der Waals surface area contributed by atoms with E-state index in [1.165, 1.54) is 19.3 Å². The number of benzene rings is 2. The summed E-state index contributed by atoms with van der Waals surface area (Å²) in [4.78, 5) is 20.2. The summed E-state index contributed by atoms with van der Waals surface area (Å²) in [5, 5.41) is 9.35. The minimum absolute atomic E-state index is 0.0484. The van der Waals surface area contributed by atoms with Crippen LogP contribution in [0.4, 0.5) is 32.2 Å². The molecule has 1 aliphatic rings. The van der Waals surface area contributed by atoms with Crippen molar-refractivity contribution in [1.29, 1.82) is 0 Å². The predicted molar refractivity (Wildman–Crippen MR) is 143 cm³/mol. The van der Waals surface area contributed by atoms with Crippen LogP contribution in [-0.2, 0) is 29.2 Å². The van der Waals surface area contributed by atoms with Gasteiger partial charge in [-0.1, -0.05) is 24.3 Å². The molecule has 42 heavy (non-hydrogen) atoms. The Morgan fingerprint density at radius 1 is 1.05 bits per heavy atom. The first-order valence-corrected chi connectivity index (χ1v) is 13.0. The van der Waals surface area contributed by atoms with Gasteiger partial charge in [0.25, 0.3) is 5.91 Å². The van der Waals surface area contributed by atoms with Gasteiger partial charge in [0.15, 0.2) is 0 Å². The van der Waals surface area contributed by atoms with E-state index in [1.807, 2.05) is 48.4 Å². The third kappa shape index (κ3) is 6.93. The molecule has 0 saturated heterocycles. The van der Waals surface area contributed by atoms with E-state index in [9.17, 15) is 36.2 Å². The van der Waals surface area contributed by atoms with Crippen LogP contribution in [0.25, 0.3) is 0 Å². The Kier molecular flexibility index (Phi) is 8.98. The highest BCUT2D eigenvalue weighted by molar-refractivity contribution is 5.93. The molecule has 4 rings (SSSR count). The number of aliphatic hydroxyl groups excluding tert-OH is 1. The van der Waals surface area contributed by atoms with Gasteiger partial charge >= 0.3 is 12.4 Å². The largest absolute Gasteiger partial charge is 0.416 e. The van der Waals surface area contributed by atoms with Crippen LogP contribution >= 0.6 is 0 Å². The Morgan fingerprint density at radius 3 is 2.24 bits per heavy atom. The average molecular weight is 594 g/mol. The number of hydrogen-bond acceptors (Lipinski definition) is 5. The van der Waals surface area contributed by atoms with Crippen LogP contribution in [0.3, 0.4) is 0 Å². The van der Waals surface area contributed by atoms with Crippen molar-refractivity contribution in [2.24, 2.45) is 0 Å². The van der Waals surface area contributed by atoms with Gasteiger partial charge in [-0.3, -0.25) is 4.79 Å². The van der Waals surface area contributed by atoms with Crippen molar-refractivity contribution in [3.05, 3.63) is 106 Å². The van der Waals surface area contributed by atoms with E-state index in [0.29, 0.717) is 30.9 Å². The van der Waals surface area contributed by atoms with Crippen molar-refractivity contribution in [3.63, 3.8) is 0 Å². The van der Waals surface area contributed by atoms with Gasteiger partial charge in [0.2, 0.25) is 0 Å². The first kappa shape index (κ1) is 31.0. The molecular formula is C30H29F6N3O3. The van der Waals surface area contributed by atoms with Gasteiger partial charge in [-0.2, -0.15) is 26.3 Å². The first-order chi connectivity index (χ1) is 19.7. The molecule has 224 valence electrons. The quantitative estimate of drug-likeness (QED) is 0.310. The number of rotatable bonds is 8. The summed E-state index contributed by atoms with van der Waals surface area (Å²) in [6, 6.07) is 12.2. The first-order valence-electron chi connectivity index (χ1n) is 13.0. The molecule has 1 atom stereocenters. The third-order valence-electron chi connectivity index (χ3n) is 7.00. The summed E-state index contributed by atoms with van der Waals surface area (Å²) >= 11 is 0. The molecule has 2 aromatic carbocycles. The SMILES string of the molecule is Cc1ccccc1C1(OCCO)C=CN(c2ccc(C(=O)N(C)Cc3cc(C(F)(F)F)cc(C(F)(F)F)c3)cn2)CC1. The summed E-state index contributed by atoms with van der Waals surface area (Å²) < 4.78 is 85.3. The Hall–Kier alpha value is -3.90. The lowest BCUT2D eigenvalue weighted by molar-refractivity contribution is -0.143. The number of pyridine rings is 1. The second kappa shape index (κ2) is 12.1. The predicted octanol–water partition coefficient (Wildman–Crippen LogP) is 6.33. The Bertz CT molecular complexity index is 1410. The van der Waals surface area contributed by atoms with Crippen molar-refractivity contribution in [3.8, 4) is 0 Å². The maximum absolute atomic E-state index is 13.2. The molecule has 0 spiro atoms. The van der Waals surface area contributed by atoms with Crippen molar-refractivity contribution in [1.82, 2.24) is 9.88 Å². The number of anilines is 1. The zero-order valence-corrected chi connectivity index (χ0v) is 22.8. The molecule has 1 N–H and O–H groups in total. The molecule has 0 fully saturated rings. The Morgan fingerprint density at radius 2 is 1.71 bits per heavy atom. The molecule has 3 aromatic rings. The molecule has 0 radical (unpaired) electrons. The number of aromatic nitrogens is 1. The van der Waals surface area contributed by atoms with Crippen LogP contribution in [0.1, 0.15) is 44.6 Å². The highest BCUT2D eigenvalue weighted by Gasteiger charge is 2.37. The Labute approximate surface area is 238 Å². The fraction of sp³-hybridized carbons (Fsp3) is 0.333. The van der Waals surface area contributed by atoms with Gasteiger partial charge in [0.05, 0.1) is 29.9 Å². The zero-order chi connectivity index (χ0) is 30.7. The lowest BCUT2D eigenvalue weighted by Crippen LogP contribution is -2.38. The molecule has 6 nitrogen and oxygen atoms in total. The summed E-state index contributed by atoms with van der Waals surface area (Å²) in [6.07, 6.45) is -4.39. The van der Waals surface area contributed by atoms with Crippen LogP contribution in [0.15, 0.2) is 73.1 Å². The number of aliphatic hydroxyl groups is 1. The molecule has 0 bridgehead atoms. The molecule has 1 aromatic heterocycles. The van der Waals surface area contributed by atoms with Gasteiger partial charge in [-0.25, -0.2) is 4.98 Å². The molecular weight excluding hydrogens is 564 g/mol. The van der Waals surface area contributed by atoms with Gasteiger partial charge < -0.3 is 19.6 Å². The summed E-state index contributed by atoms with van der Waals surface area (Å²) in [7, 11) is 1.29. The monoisotopic (exact) mass is 593 g/mol. The maximum Gasteiger partial charge on any atom is 0.416 e. The fourth-order valence-corrected chi connectivity index (χ4v) is 4.90. The molecule has 0 aliphatic carbocycles. The molecule has 2 heterocycles. The van der Waals surface area contributed by atoms with Gasteiger partial charge in [0.1, 0.15) is 11.4 Å². The number of halogens is 6. The number of hydrogen-bond donors (Lipinski definition) is 1. The number of nitrogens with zero attached hydrogens (tertiary/aromatic N) is 3. The zero-order valence-electron chi connectivity index (χ0n) is 22.8. The fourth-order valence-electron chi connectivity index (χ4n) is 4.90. The van der Waals surface area contributed by atoms with Gasteiger partial charge in [-0.05, 0) is 60.0 Å². The lowest BCUT2D eigenvalue weighted by atomic mass is 9.85. The second-order valence-electron chi connectivity index (χ2n) is 10.0. The van der Waals surface area contributed by atoms with E-state index in [2.05, 4.69) is 4.98 Å². The minimum atomic E-state index is -4.98. The number of ether oxygens (including phenoxy) is 1. The molecule has 1 aliphatic heterocycles. The van der Waals surface area contributed by atoms with Crippen molar-refractivity contribution in [2.45, 2.75) is 37.8 Å². The number of alkyl halides is 6. The molecule has 0 saturated carbocycles. The summed E-state index contributed by atoms with van der Waals surface area (Å²) in [5.74, 6) is -0.0936. The highest BCUT2D eigenvalue weighted by atomic mass is 19.4. The van der Waals surface area contributed by atoms with Crippen molar-refractivity contribution in [2.75, 3.05) is 31.7 Å². The number of amides is 1. The smallest absolute Gasteiger partial charge is 0.394 e. The minimum Gasteiger partial charge on any atom is -0.394 e. The molecule has 12 heteroatoms. The normalized spacial score (nSPS) is 17.4.